The molecule has 0 aliphatic heterocycles. The highest BCUT2D eigenvalue weighted by Gasteiger charge is 2.29. The van der Waals surface area contributed by atoms with Crippen molar-refractivity contribution in [2.24, 2.45) is 0 Å². The number of carbonyl (C=O) groups is 1. The lowest BCUT2D eigenvalue weighted by Gasteiger charge is -2.13. The van der Waals surface area contributed by atoms with Crippen LogP contribution in [0.3, 0.4) is 0 Å². The molecule has 2 aromatic carbocycles. The fourth-order valence-electron chi connectivity index (χ4n) is 2.66. The topological polar surface area (TPSA) is 51.2 Å². The van der Waals surface area contributed by atoms with Crippen molar-refractivity contribution in [2.75, 3.05) is 6.61 Å². The summed E-state index contributed by atoms with van der Waals surface area (Å²) in [6.07, 6.45) is -3.13. The molecular weight excluding hydrogens is 369 g/mol. The van der Waals surface area contributed by atoms with E-state index in [1.165, 1.54) is 6.20 Å². The molecule has 144 valence electrons. The average Bonchev–Trinajstić information content (AvgIpc) is 2.71. The minimum atomic E-state index is -4.47. The van der Waals surface area contributed by atoms with Gasteiger partial charge in [-0.15, -0.1) is 0 Å². The molecule has 0 unspecified atom stereocenters. The SMILES string of the molecule is O=C(NCc1cccnc1OCC(F)(F)F)c1ccccc1-c1ccccc1. The standard InChI is InChI=1S/C21H17F3N2O2/c22-21(23,24)14-28-20-16(9-6-12-25-20)13-26-19(27)18-11-5-4-10-17(18)15-7-2-1-3-8-15/h1-12H,13-14H2,(H,26,27). The first-order valence-electron chi connectivity index (χ1n) is 8.50. The summed E-state index contributed by atoms with van der Waals surface area (Å²) in [4.78, 5) is 16.5. The zero-order valence-electron chi connectivity index (χ0n) is 14.7. The molecule has 3 aromatic rings. The van der Waals surface area contributed by atoms with Gasteiger partial charge in [-0.1, -0.05) is 54.6 Å². The highest BCUT2D eigenvalue weighted by Crippen LogP contribution is 2.24. The Bertz CT molecular complexity index is 944. The van der Waals surface area contributed by atoms with Gasteiger partial charge in [-0.25, -0.2) is 4.98 Å². The number of carbonyl (C=O) groups excluding carboxylic acids is 1. The van der Waals surface area contributed by atoms with Crippen molar-refractivity contribution in [3.63, 3.8) is 0 Å². The number of hydrogen-bond donors (Lipinski definition) is 1. The van der Waals surface area contributed by atoms with Gasteiger partial charge in [0.1, 0.15) is 0 Å². The van der Waals surface area contributed by atoms with Crippen molar-refractivity contribution in [1.82, 2.24) is 10.3 Å². The van der Waals surface area contributed by atoms with Crippen LogP contribution in [0.5, 0.6) is 5.88 Å². The number of pyridine rings is 1. The molecule has 0 aliphatic carbocycles. The molecule has 3 rings (SSSR count). The van der Waals surface area contributed by atoms with Crippen LogP contribution in [-0.2, 0) is 6.54 Å². The monoisotopic (exact) mass is 386 g/mol. The van der Waals surface area contributed by atoms with Gasteiger partial charge < -0.3 is 10.1 Å². The van der Waals surface area contributed by atoms with E-state index in [1.54, 1.807) is 24.3 Å². The normalized spacial score (nSPS) is 11.1. The summed E-state index contributed by atoms with van der Waals surface area (Å²) >= 11 is 0. The molecule has 0 atom stereocenters. The molecule has 1 aromatic heterocycles. The summed E-state index contributed by atoms with van der Waals surface area (Å²) in [5.74, 6) is -0.499. The molecule has 1 amide bonds. The number of ether oxygens (including phenoxy) is 1. The largest absolute Gasteiger partial charge is 0.468 e. The lowest BCUT2D eigenvalue weighted by Crippen LogP contribution is -2.25. The summed E-state index contributed by atoms with van der Waals surface area (Å²) in [7, 11) is 0. The molecule has 0 bridgehead atoms. The Balaban J connectivity index is 1.74. The number of aromatic nitrogens is 1. The van der Waals surface area contributed by atoms with Crippen LogP contribution in [0.25, 0.3) is 11.1 Å². The maximum Gasteiger partial charge on any atom is 0.422 e. The number of nitrogens with one attached hydrogen (secondary N) is 1. The van der Waals surface area contributed by atoms with Crippen LogP contribution in [0.2, 0.25) is 0 Å². The van der Waals surface area contributed by atoms with Gasteiger partial charge in [-0.3, -0.25) is 4.79 Å². The van der Waals surface area contributed by atoms with Gasteiger partial charge in [0, 0.05) is 23.9 Å². The number of rotatable bonds is 6. The summed E-state index contributed by atoms with van der Waals surface area (Å²) in [5, 5.41) is 2.72. The number of amides is 1. The second kappa shape index (κ2) is 8.56. The van der Waals surface area contributed by atoms with E-state index in [-0.39, 0.29) is 18.3 Å². The maximum atomic E-state index is 12.7. The van der Waals surface area contributed by atoms with Gasteiger partial charge >= 0.3 is 6.18 Å². The first-order valence-corrected chi connectivity index (χ1v) is 8.50. The fraction of sp³-hybridized carbons (Fsp3) is 0.143. The molecule has 28 heavy (non-hydrogen) atoms. The molecular formula is C21H17F3N2O2. The quantitative estimate of drug-likeness (QED) is 0.673. The van der Waals surface area contributed by atoms with E-state index in [9.17, 15) is 18.0 Å². The van der Waals surface area contributed by atoms with Crippen molar-refractivity contribution in [1.29, 1.82) is 0 Å². The minimum Gasteiger partial charge on any atom is -0.468 e. The number of benzene rings is 2. The lowest BCUT2D eigenvalue weighted by molar-refractivity contribution is -0.154. The van der Waals surface area contributed by atoms with Crippen molar-refractivity contribution in [3.05, 3.63) is 84.1 Å². The second-order valence-corrected chi connectivity index (χ2v) is 5.97. The van der Waals surface area contributed by atoms with Crippen LogP contribution in [0.15, 0.2) is 72.9 Å². The molecule has 0 saturated heterocycles. The molecule has 4 nitrogen and oxygen atoms in total. The van der Waals surface area contributed by atoms with Crippen LogP contribution in [-0.4, -0.2) is 23.7 Å². The van der Waals surface area contributed by atoms with Gasteiger partial charge in [0.25, 0.3) is 5.91 Å². The van der Waals surface area contributed by atoms with Crippen LogP contribution >= 0.6 is 0 Å². The van der Waals surface area contributed by atoms with E-state index in [1.807, 2.05) is 42.5 Å². The Morgan fingerprint density at radius 1 is 0.964 bits per heavy atom. The van der Waals surface area contributed by atoms with E-state index in [2.05, 4.69) is 10.3 Å². The number of halogens is 3. The summed E-state index contributed by atoms with van der Waals surface area (Å²) in [5.41, 5.74) is 2.48. The molecule has 0 radical (unpaired) electrons. The number of nitrogens with zero attached hydrogens (tertiary/aromatic N) is 1. The third kappa shape index (κ3) is 5.09. The Morgan fingerprint density at radius 2 is 1.68 bits per heavy atom. The molecule has 0 spiro atoms. The fourth-order valence-corrected chi connectivity index (χ4v) is 2.66. The maximum absolute atomic E-state index is 12.7. The second-order valence-electron chi connectivity index (χ2n) is 5.97. The van der Waals surface area contributed by atoms with E-state index >= 15 is 0 Å². The zero-order valence-corrected chi connectivity index (χ0v) is 14.7. The van der Waals surface area contributed by atoms with Gasteiger partial charge in [-0.05, 0) is 23.3 Å². The van der Waals surface area contributed by atoms with Gasteiger partial charge in [-0.2, -0.15) is 13.2 Å². The molecule has 0 aliphatic rings. The highest BCUT2D eigenvalue weighted by atomic mass is 19.4. The summed E-state index contributed by atoms with van der Waals surface area (Å²) < 4.78 is 41.9. The Kier molecular flexibility index (Phi) is 5.93. The van der Waals surface area contributed by atoms with Crippen LogP contribution < -0.4 is 10.1 Å². The Labute approximate surface area is 160 Å². The van der Waals surface area contributed by atoms with Crippen LogP contribution in [0, 0.1) is 0 Å². The van der Waals surface area contributed by atoms with Crippen molar-refractivity contribution >= 4 is 5.91 Å². The number of alkyl halides is 3. The molecule has 0 saturated carbocycles. The molecule has 1 N–H and O–H groups in total. The average molecular weight is 386 g/mol. The first kappa shape index (κ1) is 19.4. The van der Waals surface area contributed by atoms with E-state index in [0.29, 0.717) is 11.1 Å². The van der Waals surface area contributed by atoms with Crippen molar-refractivity contribution in [2.45, 2.75) is 12.7 Å². The summed E-state index contributed by atoms with van der Waals surface area (Å²) in [6, 6.07) is 19.7. The summed E-state index contributed by atoms with van der Waals surface area (Å²) in [6.45, 7) is -1.45. The molecule has 0 fully saturated rings. The predicted molar refractivity (Wildman–Crippen MR) is 98.8 cm³/mol. The third-order valence-electron chi connectivity index (χ3n) is 3.92. The molecule has 1 heterocycles. The lowest BCUT2D eigenvalue weighted by atomic mass is 9.99. The smallest absolute Gasteiger partial charge is 0.422 e. The van der Waals surface area contributed by atoms with E-state index in [0.717, 1.165) is 11.1 Å². The number of hydrogen-bond acceptors (Lipinski definition) is 3. The Morgan fingerprint density at radius 3 is 2.43 bits per heavy atom. The third-order valence-corrected chi connectivity index (χ3v) is 3.92. The first-order chi connectivity index (χ1) is 13.4. The van der Waals surface area contributed by atoms with Crippen LogP contribution in [0.4, 0.5) is 13.2 Å². The molecule has 7 heteroatoms. The Hall–Kier alpha value is -3.35. The minimum absolute atomic E-state index is 0.0109. The van der Waals surface area contributed by atoms with Crippen molar-refractivity contribution in [3.8, 4) is 17.0 Å². The van der Waals surface area contributed by atoms with Crippen molar-refractivity contribution < 1.29 is 22.7 Å². The van der Waals surface area contributed by atoms with Gasteiger partial charge in [0.05, 0.1) is 0 Å². The van der Waals surface area contributed by atoms with E-state index < -0.39 is 12.8 Å². The van der Waals surface area contributed by atoms with Crippen LogP contribution in [0.1, 0.15) is 15.9 Å². The predicted octanol–water partition coefficient (Wildman–Crippen LogP) is 4.62. The van der Waals surface area contributed by atoms with E-state index in [4.69, 9.17) is 4.74 Å². The van der Waals surface area contributed by atoms with Gasteiger partial charge in [0.15, 0.2) is 6.61 Å². The van der Waals surface area contributed by atoms with Gasteiger partial charge in [0.2, 0.25) is 5.88 Å². The zero-order chi connectivity index (χ0) is 20.0. The highest BCUT2D eigenvalue weighted by molar-refractivity contribution is 6.00.